The molecule has 0 aromatic carbocycles. The molecule has 0 saturated heterocycles. The van der Waals surface area contributed by atoms with Crippen molar-refractivity contribution in [2.75, 3.05) is 0 Å². The number of nitrogens with zero attached hydrogens (tertiary/aromatic N) is 4. The van der Waals surface area contributed by atoms with Gasteiger partial charge in [-0.3, -0.25) is 0 Å². The van der Waals surface area contributed by atoms with Gasteiger partial charge in [-0.15, -0.1) is 0 Å². The van der Waals surface area contributed by atoms with E-state index in [1.54, 1.807) is 6.07 Å². The highest BCUT2D eigenvalue weighted by Gasteiger charge is 2.05. The minimum absolute atomic E-state index is 0.110. The van der Waals surface area contributed by atoms with Crippen molar-refractivity contribution in [1.82, 2.24) is 19.6 Å². The summed E-state index contributed by atoms with van der Waals surface area (Å²) in [5.41, 5.74) is 0.892. The maximum atomic E-state index is 9.73. The predicted molar refractivity (Wildman–Crippen MR) is 69.5 cm³/mol. The molecule has 5 nitrogen and oxygen atoms in total. The third kappa shape index (κ3) is 3.18. The second kappa shape index (κ2) is 6.33. The Labute approximate surface area is 107 Å². The van der Waals surface area contributed by atoms with Crippen LogP contribution in [0.2, 0.25) is 0 Å². The average molecular weight is 248 g/mol. The second-order valence-corrected chi connectivity index (χ2v) is 4.60. The molecule has 18 heavy (non-hydrogen) atoms. The summed E-state index contributed by atoms with van der Waals surface area (Å²) in [6.07, 6.45) is 9.83. The summed E-state index contributed by atoms with van der Waals surface area (Å²) in [5, 5.41) is 13.6. The van der Waals surface area contributed by atoms with Gasteiger partial charge in [0.15, 0.2) is 0 Å². The fourth-order valence-corrected chi connectivity index (χ4v) is 2.06. The Morgan fingerprint density at radius 3 is 2.78 bits per heavy atom. The first-order valence-electron chi connectivity index (χ1n) is 6.70. The lowest BCUT2D eigenvalue weighted by molar-refractivity contribution is 0.433. The average Bonchev–Trinajstić information content (AvgIpc) is 2.82. The summed E-state index contributed by atoms with van der Waals surface area (Å²) in [4.78, 5) is 8.35. The highest BCUT2D eigenvalue weighted by Crippen LogP contribution is 2.14. The molecule has 0 unspecified atom stereocenters. The highest BCUT2D eigenvalue weighted by atomic mass is 16.3. The molecule has 0 saturated carbocycles. The molecule has 0 aliphatic rings. The monoisotopic (exact) mass is 248 g/mol. The van der Waals surface area contributed by atoms with Gasteiger partial charge in [0, 0.05) is 11.8 Å². The number of aromatic nitrogens is 4. The molecule has 0 fully saturated rings. The Morgan fingerprint density at radius 2 is 1.94 bits per heavy atom. The van der Waals surface area contributed by atoms with Gasteiger partial charge in [-0.05, 0) is 12.8 Å². The molecule has 0 radical (unpaired) electrons. The van der Waals surface area contributed by atoms with E-state index < -0.39 is 0 Å². The lowest BCUT2D eigenvalue weighted by Gasteiger charge is -2.03. The summed E-state index contributed by atoms with van der Waals surface area (Å²) < 4.78 is 1.34. The zero-order valence-corrected chi connectivity index (χ0v) is 10.8. The van der Waals surface area contributed by atoms with E-state index >= 15 is 0 Å². The number of hydrogen-bond acceptors (Lipinski definition) is 4. The molecule has 2 heterocycles. The van der Waals surface area contributed by atoms with E-state index in [9.17, 15) is 5.11 Å². The van der Waals surface area contributed by atoms with Crippen molar-refractivity contribution in [3.8, 4) is 5.88 Å². The van der Waals surface area contributed by atoms with Gasteiger partial charge in [-0.25, -0.2) is 4.98 Å². The largest absolute Gasteiger partial charge is 0.493 e. The molecule has 2 aromatic heterocycles. The van der Waals surface area contributed by atoms with E-state index in [4.69, 9.17) is 0 Å². The molecule has 2 rings (SSSR count). The van der Waals surface area contributed by atoms with Gasteiger partial charge in [-0.1, -0.05) is 39.0 Å². The van der Waals surface area contributed by atoms with E-state index in [0.29, 0.717) is 5.78 Å². The lowest BCUT2D eigenvalue weighted by Crippen LogP contribution is -1.97. The van der Waals surface area contributed by atoms with Crippen LogP contribution in [0.5, 0.6) is 5.88 Å². The van der Waals surface area contributed by atoms with Gasteiger partial charge in [0.05, 0.1) is 0 Å². The first-order chi connectivity index (χ1) is 8.81. The molecular weight excluding hydrogens is 228 g/mol. The summed E-state index contributed by atoms with van der Waals surface area (Å²) in [6, 6.07) is 1.67. The van der Waals surface area contributed by atoms with Crippen molar-refractivity contribution in [1.29, 1.82) is 0 Å². The van der Waals surface area contributed by atoms with Crippen molar-refractivity contribution in [2.45, 2.75) is 51.9 Å². The molecule has 2 aromatic rings. The van der Waals surface area contributed by atoms with Gasteiger partial charge in [-0.2, -0.15) is 14.6 Å². The van der Waals surface area contributed by atoms with Crippen molar-refractivity contribution >= 4 is 5.78 Å². The fourth-order valence-electron chi connectivity index (χ4n) is 2.06. The van der Waals surface area contributed by atoms with Crippen LogP contribution in [-0.4, -0.2) is 24.7 Å². The quantitative estimate of drug-likeness (QED) is 0.765. The molecular formula is C13H20N4O. The predicted octanol–water partition coefficient (Wildman–Crippen LogP) is 2.73. The molecule has 0 atom stereocenters. The van der Waals surface area contributed by atoms with Crippen LogP contribution in [0.4, 0.5) is 0 Å². The van der Waals surface area contributed by atoms with Gasteiger partial charge in [0.2, 0.25) is 5.88 Å². The SMILES string of the molecule is CCCCCCCCc1cc(O)n2ncnc2n1. The van der Waals surface area contributed by atoms with Gasteiger partial charge < -0.3 is 5.11 Å². The summed E-state index contributed by atoms with van der Waals surface area (Å²) in [5.74, 6) is 0.578. The lowest BCUT2D eigenvalue weighted by atomic mass is 10.1. The Balaban J connectivity index is 1.84. The van der Waals surface area contributed by atoms with Crippen LogP contribution in [0.3, 0.4) is 0 Å². The molecule has 0 bridgehead atoms. The summed E-state index contributed by atoms with van der Waals surface area (Å²) >= 11 is 0. The highest BCUT2D eigenvalue weighted by molar-refractivity contribution is 5.32. The third-order valence-corrected chi connectivity index (χ3v) is 3.07. The number of aryl methyl sites for hydroxylation is 1. The topological polar surface area (TPSA) is 63.3 Å². The first-order valence-corrected chi connectivity index (χ1v) is 6.70. The maximum absolute atomic E-state index is 9.73. The van der Waals surface area contributed by atoms with Gasteiger partial charge >= 0.3 is 0 Å². The van der Waals surface area contributed by atoms with Crippen LogP contribution in [0.1, 0.15) is 51.1 Å². The van der Waals surface area contributed by atoms with E-state index in [0.717, 1.165) is 18.5 Å². The zero-order valence-electron chi connectivity index (χ0n) is 10.8. The Hall–Kier alpha value is -1.65. The van der Waals surface area contributed by atoms with Crippen LogP contribution in [0, 0.1) is 0 Å². The molecule has 0 aliphatic carbocycles. The first kappa shape index (κ1) is 12.8. The Morgan fingerprint density at radius 1 is 1.17 bits per heavy atom. The molecule has 98 valence electrons. The van der Waals surface area contributed by atoms with Crippen molar-refractivity contribution in [3.63, 3.8) is 0 Å². The molecule has 1 N–H and O–H groups in total. The number of rotatable bonds is 7. The smallest absolute Gasteiger partial charge is 0.255 e. The molecule has 0 spiro atoms. The number of hydrogen-bond donors (Lipinski definition) is 1. The molecule has 5 heteroatoms. The number of aromatic hydroxyl groups is 1. The van der Waals surface area contributed by atoms with Crippen LogP contribution < -0.4 is 0 Å². The minimum Gasteiger partial charge on any atom is -0.493 e. The summed E-state index contributed by atoms with van der Waals surface area (Å²) in [6.45, 7) is 2.22. The van der Waals surface area contributed by atoms with E-state index in [1.807, 2.05) is 0 Å². The third-order valence-electron chi connectivity index (χ3n) is 3.07. The van der Waals surface area contributed by atoms with Crippen LogP contribution >= 0.6 is 0 Å². The van der Waals surface area contributed by atoms with Gasteiger partial charge in [0.1, 0.15) is 6.33 Å². The van der Waals surface area contributed by atoms with Crippen molar-refractivity contribution in [3.05, 3.63) is 18.1 Å². The Bertz CT molecular complexity index is 495. The number of unbranched alkanes of at least 4 members (excludes halogenated alkanes) is 5. The molecule has 0 amide bonds. The molecule has 0 aliphatic heterocycles. The minimum atomic E-state index is 0.110. The fraction of sp³-hybridized carbons (Fsp3) is 0.615. The van der Waals surface area contributed by atoms with Crippen LogP contribution in [0.15, 0.2) is 12.4 Å². The standard InChI is InChI=1S/C13H20N4O/c1-2-3-4-5-6-7-8-11-9-12(18)17-13(16-11)14-10-15-17/h9-10,18H,2-8H2,1H3. The normalized spacial score (nSPS) is 11.2. The summed E-state index contributed by atoms with van der Waals surface area (Å²) in [7, 11) is 0. The van der Waals surface area contributed by atoms with Crippen LogP contribution in [-0.2, 0) is 6.42 Å². The van der Waals surface area contributed by atoms with E-state index in [1.165, 1.54) is 42.9 Å². The van der Waals surface area contributed by atoms with Crippen molar-refractivity contribution in [2.24, 2.45) is 0 Å². The van der Waals surface area contributed by atoms with Crippen LogP contribution in [0.25, 0.3) is 5.78 Å². The van der Waals surface area contributed by atoms with Crippen molar-refractivity contribution < 1.29 is 5.11 Å². The zero-order chi connectivity index (χ0) is 12.8. The second-order valence-electron chi connectivity index (χ2n) is 4.60. The van der Waals surface area contributed by atoms with Gasteiger partial charge in [0.25, 0.3) is 5.78 Å². The maximum Gasteiger partial charge on any atom is 0.255 e. The Kier molecular flexibility index (Phi) is 4.50. The van der Waals surface area contributed by atoms with E-state index in [2.05, 4.69) is 22.0 Å². The van der Waals surface area contributed by atoms with E-state index in [-0.39, 0.29) is 5.88 Å². The number of fused-ring (bicyclic) bond motifs is 1.